The summed E-state index contributed by atoms with van der Waals surface area (Å²) in [5.74, 6) is 0.00778. The normalized spacial score (nSPS) is 24.0. The van der Waals surface area contributed by atoms with Crippen molar-refractivity contribution in [1.82, 2.24) is 15.1 Å². The number of nitrogens with one attached hydrogen (secondary N) is 1. The van der Waals surface area contributed by atoms with Crippen LogP contribution in [0.4, 0.5) is 0 Å². The SMILES string of the molecule is CCN1CCN(CC(=O)NC2(C#N)CCCC2)CC1. The van der Waals surface area contributed by atoms with Gasteiger partial charge in [-0.25, -0.2) is 0 Å². The maximum Gasteiger partial charge on any atom is 0.235 e. The first kappa shape index (κ1) is 14.3. The molecule has 5 heteroatoms. The Bertz CT molecular complexity index is 349. The van der Waals surface area contributed by atoms with Crippen LogP contribution in [-0.2, 0) is 4.79 Å². The van der Waals surface area contributed by atoms with Crippen LogP contribution in [0.2, 0.25) is 0 Å². The highest BCUT2D eigenvalue weighted by Crippen LogP contribution is 2.28. The number of nitrogens with zero attached hydrogens (tertiary/aromatic N) is 3. The van der Waals surface area contributed by atoms with E-state index in [-0.39, 0.29) is 5.91 Å². The quantitative estimate of drug-likeness (QED) is 0.807. The summed E-state index contributed by atoms with van der Waals surface area (Å²) in [4.78, 5) is 16.6. The molecular formula is C14H24N4O. The Morgan fingerprint density at radius 1 is 1.21 bits per heavy atom. The molecule has 1 heterocycles. The maximum atomic E-state index is 12.1. The fraction of sp³-hybridized carbons (Fsp3) is 0.857. The van der Waals surface area contributed by atoms with Crippen molar-refractivity contribution < 1.29 is 4.79 Å². The first-order valence-corrected chi connectivity index (χ1v) is 7.34. The summed E-state index contributed by atoms with van der Waals surface area (Å²) < 4.78 is 0. The summed E-state index contributed by atoms with van der Waals surface area (Å²) in [5.41, 5.74) is -0.581. The number of carbonyl (C=O) groups excluding carboxylic acids is 1. The Balaban J connectivity index is 1.77. The highest BCUT2D eigenvalue weighted by atomic mass is 16.2. The van der Waals surface area contributed by atoms with Gasteiger partial charge in [0.25, 0.3) is 0 Å². The average molecular weight is 264 g/mol. The van der Waals surface area contributed by atoms with Crippen molar-refractivity contribution in [1.29, 1.82) is 5.26 Å². The second-order valence-electron chi connectivity index (χ2n) is 5.66. The molecule has 1 amide bonds. The second kappa shape index (κ2) is 6.36. The van der Waals surface area contributed by atoms with Crippen LogP contribution in [-0.4, -0.2) is 60.5 Å². The summed E-state index contributed by atoms with van der Waals surface area (Å²) in [5, 5.41) is 12.2. The van der Waals surface area contributed by atoms with E-state index in [4.69, 9.17) is 0 Å². The summed E-state index contributed by atoms with van der Waals surface area (Å²) in [7, 11) is 0. The van der Waals surface area contributed by atoms with Gasteiger partial charge in [-0.05, 0) is 32.2 Å². The van der Waals surface area contributed by atoms with Crippen LogP contribution in [0.15, 0.2) is 0 Å². The number of hydrogen-bond acceptors (Lipinski definition) is 4. The molecule has 1 aliphatic carbocycles. The number of piperazine rings is 1. The molecule has 2 fully saturated rings. The van der Waals surface area contributed by atoms with Crippen LogP contribution in [0.25, 0.3) is 0 Å². The molecule has 0 aromatic carbocycles. The van der Waals surface area contributed by atoms with Crippen molar-refractivity contribution in [2.75, 3.05) is 39.3 Å². The van der Waals surface area contributed by atoms with Crippen molar-refractivity contribution in [2.45, 2.75) is 38.1 Å². The van der Waals surface area contributed by atoms with Gasteiger partial charge in [0.05, 0.1) is 12.6 Å². The molecule has 0 spiro atoms. The van der Waals surface area contributed by atoms with Crippen LogP contribution in [0.3, 0.4) is 0 Å². The zero-order valence-corrected chi connectivity index (χ0v) is 11.8. The minimum Gasteiger partial charge on any atom is -0.337 e. The van der Waals surface area contributed by atoms with Gasteiger partial charge in [0, 0.05) is 26.2 Å². The van der Waals surface area contributed by atoms with Crippen LogP contribution >= 0.6 is 0 Å². The third-order valence-electron chi connectivity index (χ3n) is 4.33. The fourth-order valence-electron chi connectivity index (χ4n) is 3.02. The molecule has 5 nitrogen and oxygen atoms in total. The van der Waals surface area contributed by atoms with Gasteiger partial charge in [-0.3, -0.25) is 9.69 Å². The summed E-state index contributed by atoms with van der Waals surface area (Å²) >= 11 is 0. The Kier molecular flexibility index (Phi) is 4.78. The monoisotopic (exact) mass is 264 g/mol. The smallest absolute Gasteiger partial charge is 0.235 e. The van der Waals surface area contributed by atoms with E-state index >= 15 is 0 Å². The number of nitriles is 1. The minimum atomic E-state index is -0.581. The Morgan fingerprint density at radius 3 is 2.32 bits per heavy atom. The third kappa shape index (κ3) is 3.68. The maximum absolute atomic E-state index is 12.1. The molecule has 1 saturated heterocycles. The number of rotatable bonds is 4. The van der Waals surface area contributed by atoms with E-state index in [2.05, 4.69) is 28.1 Å². The van der Waals surface area contributed by atoms with Crippen LogP contribution in [0.1, 0.15) is 32.6 Å². The number of hydrogen-bond donors (Lipinski definition) is 1. The molecule has 0 unspecified atom stereocenters. The van der Waals surface area contributed by atoms with Gasteiger partial charge < -0.3 is 10.2 Å². The lowest BCUT2D eigenvalue weighted by atomic mass is 10.00. The van der Waals surface area contributed by atoms with Gasteiger partial charge in [-0.1, -0.05) is 6.92 Å². The van der Waals surface area contributed by atoms with Gasteiger partial charge in [0.15, 0.2) is 0 Å². The van der Waals surface area contributed by atoms with E-state index < -0.39 is 5.54 Å². The van der Waals surface area contributed by atoms with Crippen molar-refractivity contribution in [3.8, 4) is 6.07 Å². The molecule has 0 atom stereocenters. The number of carbonyl (C=O) groups is 1. The van der Waals surface area contributed by atoms with E-state index in [0.717, 1.165) is 58.4 Å². The molecule has 2 aliphatic rings. The van der Waals surface area contributed by atoms with E-state index in [0.29, 0.717) is 6.54 Å². The van der Waals surface area contributed by atoms with Crippen molar-refractivity contribution in [2.24, 2.45) is 0 Å². The standard InChI is InChI=1S/C14H24N4O/c1-2-17-7-9-18(10-8-17)11-13(19)16-14(12-15)5-3-4-6-14/h2-11H2,1H3,(H,16,19). The predicted octanol–water partition coefficient (Wildman–Crippen LogP) is 0.576. The highest BCUT2D eigenvalue weighted by molar-refractivity contribution is 5.79. The second-order valence-corrected chi connectivity index (χ2v) is 5.66. The molecule has 0 aromatic heterocycles. The molecule has 1 N–H and O–H groups in total. The molecule has 0 aromatic rings. The minimum absolute atomic E-state index is 0.00778. The first-order valence-electron chi connectivity index (χ1n) is 7.34. The van der Waals surface area contributed by atoms with Gasteiger partial charge in [-0.2, -0.15) is 5.26 Å². The molecule has 2 rings (SSSR count). The predicted molar refractivity (Wildman–Crippen MR) is 73.5 cm³/mol. The van der Waals surface area contributed by atoms with Gasteiger partial charge in [-0.15, -0.1) is 0 Å². The Labute approximate surface area is 115 Å². The van der Waals surface area contributed by atoms with E-state index in [1.807, 2.05) is 0 Å². The average Bonchev–Trinajstić information content (AvgIpc) is 2.88. The van der Waals surface area contributed by atoms with E-state index in [1.165, 1.54) is 0 Å². The topological polar surface area (TPSA) is 59.4 Å². The molecule has 0 bridgehead atoms. The summed E-state index contributed by atoms with van der Waals surface area (Å²) in [6.07, 6.45) is 3.70. The Morgan fingerprint density at radius 2 is 1.79 bits per heavy atom. The molecule has 1 aliphatic heterocycles. The van der Waals surface area contributed by atoms with Crippen LogP contribution in [0.5, 0.6) is 0 Å². The molecule has 19 heavy (non-hydrogen) atoms. The Hall–Kier alpha value is -1.12. The number of likely N-dealkylation sites (N-methyl/N-ethyl adjacent to an activating group) is 1. The molecule has 1 saturated carbocycles. The highest BCUT2D eigenvalue weighted by Gasteiger charge is 2.35. The summed E-state index contributed by atoms with van der Waals surface area (Å²) in [6.45, 7) is 7.64. The van der Waals surface area contributed by atoms with Crippen molar-refractivity contribution in [3.05, 3.63) is 0 Å². The largest absolute Gasteiger partial charge is 0.337 e. The lowest BCUT2D eigenvalue weighted by Crippen LogP contribution is -2.52. The summed E-state index contributed by atoms with van der Waals surface area (Å²) in [6, 6.07) is 2.30. The van der Waals surface area contributed by atoms with Gasteiger partial charge in [0.2, 0.25) is 5.91 Å². The van der Waals surface area contributed by atoms with E-state index in [1.54, 1.807) is 0 Å². The zero-order valence-electron chi connectivity index (χ0n) is 11.8. The van der Waals surface area contributed by atoms with Gasteiger partial charge in [0.1, 0.15) is 5.54 Å². The van der Waals surface area contributed by atoms with Crippen LogP contribution in [0, 0.1) is 11.3 Å². The van der Waals surface area contributed by atoms with Crippen molar-refractivity contribution >= 4 is 5.91 Å². The lowest BCUT2D eigenvalue weighted by molar-refractivity contribution is -0.124. The number of amides is 1. The van der Waals surface area contributed by atoms with Gasteiger partial charge >= 0.3 is 0 Å². The third-order valence-corrected chi connectivity index (χ3v) is 4.33. The lowest BCUT2D eigenvalue weighted by Gasteiger charge is -2.34. The fourth-order valence-corrected chi connectivity index (χ4v) is 3.02. The molecule has 106 valence electrons. The molecular weight excluding hydrogens is 240 g/mol. The molecule has 0 radical (unpaired) electrons. The van der Waals surface area contributed by atoms with Crippen molar-refractivity contribution in [3.63, 3.8) is 0 Å². The van der Waals surface area contributed by atoms with Crippen LogP contribution < -0.4 is 5.32 Å². The van der Waals surface area contributed by atoms with E-state index in [9.17, 15) is 10.1 Å². The zero-order chi connectivity index (χ0) is 13.7. The first-order chi connectivity index (χ1) is 9.17.